The Bertz CT molecular complexity index is 382. The molecule has 1 aromatic carbocycles. The minimum absolute atomic E-state index is 0.375. The maximum Gasteiger partial charge on any atom is 0.264 e. The molecule has 1 rings (SSSR count). The molecule has 0 amide bonds. The zero-order chi connectivity index (χ0) is 10.6. The Hall–Kier alpha value is -1.60. The highest BCUT2D eigenvalue weighted by atomic mass is 32.1. The van der Waals surface area contributed by atoms with Gasteiger partial charge in [0.1, 0.15) is 5.75 Å². The molecule has 0 fully saturated rings. The van der Waals surface area contributed by atoms with Crippen molar-refractivity contribution >= 4 is 17.4 Å². The molecule has 0 N–H and O–H groups in total. The normalized spacial score (nSPS) is 8.93. The minimum Gasteiger partial charge on any atom is -0.432 e. The molecule has 1 aromatic rings. The summed E-state index contributed by atoms with van der Waals surface area (Å²) in [6.07, 6.45) is 0. The molecule has 4 heteroatoms. The molecule has 0 bridgehead atoms. The predicted octanol–water partition coefficient (Wildman–Crippen LogP) is 1.78. The van der Waals surface area contributed by atoms with Crippen molar-refractivity contribution in [3.8, 4) is 11.8 Å². The quantitative estimate of drug-likeness (QED) is 0.656. The average molecular weight is 206 g/mol. The van der Waals surface area contributed by atoms with E-state index in [-0.39, 0.29) is 0 Å². The summed E-state index contributed by atoms with van der Waals surface area (Å²) < 4.78 is 5.32. The predicted molar refractivity (Wildman–Crippen MR) is 58.1 cm³/mol. The van der Waals surface area contributed by atoms with Gasteiger partial charge in [-0.15, -0.1) is 0 Å². The van der Waals surface area contributed by atoms with Crippen molar-refractivity contribution in [2.24, 2.45) is 0 Å². The fraction of sp³-hybridized carbons (Fsp3) is 0.200. The van der Waals surface area contributed by atoms with E-state index in [9.17, 15) is 0 Å². The lowest BCUT2D eigenvalue weighted by molar-refractivity contribution is 0.449. The van der Waals surface area contributed by atoms with Crippen LogP contribution in [0.3, 0.4) is 0 Å². The van der Waals surface area contributed by atoms with Crippen LogP contribution in [0, 0.1) is 11.3 Å². The number of hydrogen-bond donors (Lipinski definition) is 0. The maximum absolute atomic E-state index is 8.66. The van der Waals surface area contributed by atoms with Crippen molar-refractivity contribution < 1.29 is 4.74 Å². The van der Waals surface area contributed by atoms with Crippen LogP contribution < -0.4 is 4.74 Å². The first-order valence-corrected chi connectivity index (χ1v) is 4.43. The molecule has 0 aliphatic carbocycles. The number of benzene rings is 1. The van der Waals surface area contributed by atoms with Crippen molar-refractivity contribution in [2.45, 2.75) is 0 Å². The maximum atomic E-state index is 8.66. The van der Waals surface area contributed by atoms with E-state index in [1.807, 2.05) is 6.07 Å². The van der Waals surface area contributed by atoms with Gasteiger partial charge in [-0.1, -0.05) is 6.07 Å². The molecule has 0 saturated carbocycles. The summed E-state index contributed by atoms with van der Waals surface area (Å²) in [5.41, 5.74) is 0.559. The van der Waals surface area contributed by atoms with E-state index in [0.717, 1.165) is 0 Å². The highest BCUT2D eigenvalue weighted by Crippen LogP contribution is 2.13. The summed E-state index contributed by atoms with van der Waals surface area (Å²) in [5.74, 6) is 0.586. The Labute approximate surface area is 88.5 Å². The molecule has 0 unspecified atom stereocenters. The van der Waals surface area contributed by atoms with Gasteiger partial charge in [0.05, 0.1) is 11.6 Å². The number of thiocarbonyl (C=S) groups is 1. The highest BCUT2D eigenvalue weighted by Gasteiger charge is 2.02. The number of ether oxygens (including phenoxy) is 1. The average Bonchev–Trinajstić information content (AvgIpc) is 2.18. The number of hydrogen-bond acceptors (Lipinski definition) is 3. The van der Waals surface area contributed by atoms with Gasteiger partial charge in [-0.3, -0.25) is 0 Å². The molecule has 0 spiro atoms. The van der Waals surface area contributed by atoms with E-state index in [1.165, 1.54) is 0 Å². The SMILES string of the molecule is CN(C)C(=S)Oc1cccc(C#N)c1. The molecule has 0 aromatic heterocycles. The summed E-state index contributed by atoms with van der Waals surface area (Å²) in [6, 6.07) is 8.91. The molecule has 0 atom stereocenters. The summed E-state index contributed by atoms with van der Waals surface area (Å²) in [4.78, 5) is 1.69. The van der Waals surface area contributed by atoms with E-state index in [4.69, 9.17) is 22.2 Å². The van der Waals surface area contributed by atoms with Crippen molar-refractivity contribution in [1.29, 1.82) is 5.26 Å². The lowest BCUT2D eigenvalue weighted by Gasteiger charge is -2.13. The summed E-state index contributed by atoms with van der Waals surface area (Å²) in [7, 11) is 3.60. The molecule has 0 heterocycles. The lowest BCUT2D eigenvalue weighted by Crippen LogP contribution is -2.24. The number of rotatable bonds is 1. The van der Waals surface area contributed by atoms with E-state index in [1.54, 1.807) is 43.3 Å². The zero-order valence-corrected chi connectivity index (χ0v) is 8.84. The molecular weight excluding hydrogens is 196 g/mol. The minimum atomic E-state index is 0.375. The second kappa shape index (κ2) is 4.58. The van der Waals surface area contributed by atoms with Crippen molar-refractivity contribution in [3.63, 3.8) is 0 Å². The van der Waals surface area contributed by atoms with Gasteiger partial charge in [0.25, 0.3) is 5.17 Å². The second-order valence-electron chi connectivity index (χ2n) is 2.90. The Morgan fingerprint density at radius 1 is 1.50 bits per heavy atom. The molecule has 14 heavy (non-hydrogen) atoms. The van der Waals surface area contributed by atoms with E-state index in [2.05, 4.69) is 0 Å². The topological polar surface area (TPSA) is 36.3 Å². The first kappa shape index (κ1) is 10.5. The fourth-order valence-electron chi connectivity index (χ4n) is 0.821. The monoisotopic (exact) mass is 206 g/mol. The van der Waals surface area contributed by atoms with Gasteiger partial charge >= 0.3 is 0 Å². The molecule has 0 saturated heterocycles. The van der Waals surface area contributed by atoms with E-state index in [0.29, 0.717) is 16.5 Å². The van der Waals surface area contributed by atoms with Crippen molar-refractivity contribution in [1.82, 2.24) is 4.90 Å². The zero-order valence-electron chi connectivity index (χ0n) is 8.02. The summed E-state index contributed by atoms with van der Waals surface area (Å²) >= 11 is 4.96. The van der Waals surface area contributed by atoms with Crippen LogP contribution >= 0.6 is 12.2 Å². The van der Waals surface area contributed by atoms with Crippen molar-refractivity contribution in [2.75, 3.05) is 14.1 Å². The van der Waals surface area contributed by atoms with Crippen LogP contribution in [0.15, 0.2) is 24.3 Å². The number of nitrogens with zero attached hydrogens (tertiary/aromatic N) is 2. The fourth-order valence-corrected chi connectivity index (χ4v) is 0.917. The van der Waals surface area contributed by atoms with Crippen LogP contribution in [-0.2, 0) is 0 Å². The van der Waals surface area contributed by atoms with Crippen LogP contribution in [0.5, 0.6) is 5.75 Å². The summed E-state index contributed by atoms with van der Waals surface area (Å²) in [6.45, 7) is 0. The van der Waals surface area contributed by atoms with Crippen LogP contribution in [0.25, 0.3) is 0 Å². The van der Waals surface area contributed by atoms with Gasteiger partial charge in [0.2, 0.25) is 0 Å². The van der Waals surface area contributed by atoms with Gasteiger partial charge in [-0.25, -0.2) is 0 Å². The first-order chi connectivity index (χ1) is 6.63. The summed E-state index contributed by atoms with van der Waals surface area (Å²) in [5, 5.41) is 9.03. The Balaban J connectivity index is 2.78. The third-order valence-electron chi connectivity index (χ3n) is 1.53. The van der Waals surface area contributed by atoms with Crippen molar-refractivity contribution in [3.05, 3.63) is 29.8 Å². The third-order valence-corrected chi connectivity index (χ3v) is 1.98. The molecule has 3 nitrogen and oxygen atoms in total. The molecular formula is C10H10N2OS. The number of nitriles is 1. The molecule has 0 radical (unpaired) electrons. The highest BCUT2D eigenvalue weighted by molar-refractivity contribution is 7.80. The van der Waals surface area contributed by atoms with Crippen LogP contribution in [0.4, 0.5) is 0 Å². The van der Waals surface area contributed by atoms with Crippen LogP contribution in [0.1, 0.15) is 5.56 Å². The first-order valence-electron chi connectivity index (χ1n) is 4.03. The van der Waals surface area contributed by atoms with Gasteiger partial charge < -0.3 is 9.64 Å². The third kappa shape index (κ3) is 2.71. The van der Waals surface area contributed by atoms with Gasteiger partial charge in [-0.05, 0) is 30.4 Å². The second-order valence-corrected chi connectivity index (χ2v) is 3.25. The van der Waals surface area contributed by atoms with Crippen LogP contribution in [0.2, 0.25) is 0 Å². The van der Waals surface area contributed by atoms with E-state index >= 15 is 0 Å². The van der Waals surface area contributed by atoms with Gasteiger partial charge in [-0.2, -0.15) is 5.26 Å². The van der Waals surface area contributed by atoms with E-state index < -0.39 is 0 Å². The molecule has 72 valence electrons. The Morgan fingerprint density at radius 3 is 2.79 bits per heavy atom. The van der Waals surface area contributed by atoms with Gasteiger partial charge in [0, 0.05) is 14.1 Å². The Kier molecular flexibility index (Phi) is 3.43. The molecule has 0 aliphatic heterocycles. The molecule has 0 aliphatic rings. The largest absolute Gasteiger partial charge is 0.432 e. The van der Waals surface area contributed by atoms with Crippen LogP contribution in [-0.4, -0.2) is 24.2 Å². The smallest absolute Gasteiger partial charge is 0.264 e. The standard InChI is InChI=1S/C10H10N2OS/c1-12(2)10(14)13-9-5-3-4-8(6-9)7-11/h3-6H,1-2H3. The Morgan fingerprint density at radius 2 is 2.21 bits per heavy atom. The van der Waals surface area contributed by atoms with Gasteiger partial charge in [0.15, 0.2) is 0 Å². The lowest BCUT2D eigenvalue weighted by atomic mass is 10.2.